The fourth-order valence-corrected chi connectivity index (χ4v) is 2.00. The normalized spacial score (nSPS) is 22.8. The molecule has 1 saturated heterocycles. The van der Waals surface area contributed by atoms with Crippen LogP contribution in [0.4, 0.5) is 0 Å². The van der Waals surface area contributed by atoms with Crippen LogP contribution in [0.3, 0.4) is 0 Å². The van der Waals surface area contributed by atoms with E-state index in [0.29, 0.717) is 6.54 Å². The van der Waals surface area contributed by atoms with Gasteiger partial charge in [0, 0.05) is 5.54 Å². The number of likely N-dealkylation sites (N-methyl/N-ethyl adjacent to an activating group) is 1. The van der Waals surface area contributed by atoms with Crippen LogP contribution < -0.4 is 10.6 Å². The molecule has 0 spiro atoms. The molecule has 6 heteroatoms. The Kier molecular flexibility index (Phi) is 2.67. The summed E-state index contributed by atoms with van der Waals surface area (Å²) in [5.41, 5.74) is 0.102. The third-order valence-corrected chi connectivity index (χ3v) is 3.43. The molecular formula is C10H16N4O2. The molecule has 1 aliphatic heterocycles. The maximum atomic E-state index is 10.9. The lowest BCUT2D eigenvalue weighted by Gasteiger charge is -2.46. The van der Waals surface area contributed by atoms with Crippen LogP contribution in [-0.4, -0.2) is 48.9 Å². The Balaban J connectivity index is 1.98. The summed E-state index contributed by atoms with van der Waals surface area (Å²) in [5, 5.41) is 4.79. The van der Waals surface area contributed by atoms with Gasteiger partial charge in [-0.1, -0.05) is 0 Å². The highest BCUT2D eigenvalue weighted by molar-refractivity contribution is 6.45. The fraction of sp³-hybridized carbons (Fsp3) is 0.700. The Hall–Kier alpha value is -1.43. The van der Waals surface area contributed by atoms with E-state index in [4.69, 9.17) is 0 Å². The molecule has 0 unspecified atom stereocenters. The topological polar surface area (TPSA) is 73.8 Å². The van der Waals surface area contributed by atoms with Crippen molar-refractivity contribution >= 4 is 17.8 Å². The van der Waals surface area contributed by atoms with Gasteiger partial charge in [-0.2, -0.15) is 0 Å². The van der Waals surface area contributed by atoms with Crippen molar-refractivity contribution in [3.8, 4) is 0 Å². The van der Waals surface area contributed by atoms with E-state index < -0.39 is 11.8 Å². The highest BCUT2D eigenvalue weighted by Crippen LogP contribution is 2.36. The first-order valence-electron chi connectivity index (χ1n) is 5.38. The largest absolute Gasteiger partial charge is 0.316 e. The molecule has 2 N–H and O–H groups in total. The zero-order valence-electron chi connectivity index (χ0n) is 9.54. The van der Waals surface area contributed by atoms with E-state index >= 15 is 0 Å². The first kappa shape index (κ1) is 11.1. The Labute approximate surface area is 94.1 Å². The fourth-order valence-electron chi connectivity index (χ4n) is 2.00. The smallest absolute Gasteiger partial charge is 0.302 e. The lowest BCUT2D eigenvalue weighted by atomic mass is 9.76. The quantitative estimate of drug-likeness (QED) is 0.608. The van der Waals surface area contributed by atoms with Crippen molar-refractivity contribution in [1.82, 2.24) is 15.5 Å². The second-order valence-corrected chi connectivity index (χ2v) is 4.55. The van der Waals surface area contributed by atoms with Crippen LogP contribution in [0.5, 0.6) is 0 Å². The van der Waals surface area contributed by atoms with Crippen molar-refractivity contribution < 1.29 is 9.59 Å². The number of hydrogen-bond acceptors (Lipinski definition) is 4. The standard InChI is InChI=1S/C10H16N4O2/c1-14(2)10(4-3-5-10)6-11-9-12-7(15)8(16)13-9/h3-6H2,1-2H3,(H2,11,12,13,15,16). The highest BCUT2D eigenvalue weighted by atomic mass is 16.2. The first-order valence-corrected chi connectivity index (χ1v) is 5.38. The number of nitrogens with zero attached hydrogens (tertiary/aromatic N) is 2. The van der Waals surface area contributed by atoms with Gasteiger partial charge in [0.25, 0.3) is 0 Å². The van der Waals surface area contributed by atoms with E-state index in [1.54, 1.807) is 0 Å². The molecule has 0 aromatic carbocycles. The number of carbonyl (C=O) groups excluding carboxylic acids is 2. The Morgan fingerprint density at radius 3 is 2.19 bits per heavy atom. The molecule has 2 amide bonds. The van der Waals surface area contributed by atoms with Crippen LogP contribution in [0.25, 0.3) is 0 Å². The maximum Gasteiger partial charge on any atom is 0.316 e. The van der Waals surface area contributed by atoms with E-state index in [0.717, 1.165) is 12.8 Å². The summed E-state index contributed by atoms with van der Waals surface area (Å²) in [4.78, 5) is 28.2. The number of aliphatic imine (C=N–C) groups is 1. The van der Waals surface area contributed by atoms with E-state index in [9.17, 15) is 9.59 Å². The summed E-state index contributed by atoms with van der Waals surface area (Å²) < 4.78 is 0. The van der Waals surface area contributed by atoms with Crippen molar-refractivity contribution in [3.63, 3.8) is 0 Å². The summed E-state index contributed by atoms with van der Waals surface area (Å²) in [7, 11) is 4.07. The minimum atomic E-state index is -0.633. The van der Waals surface area contributed by atoms with Crippen LogP contribution in [-0.2, 0) is 9.59 Å². The van der Waals surface area contributed by atoms with Crippen LogP contribution in [0.15, 0.2) is 4.99 Å². The Morgan fingerprint density at radius 1 is 1.25 bits per heavy atom. The molecule has 0 aromatic rings. The molecule has 0 bridgehead atoms. The number of hydrogen-bond donors (Lipinski definition) is 2. The Bertz CT molecular complexity index is 340. The Morgan fingerprint density at radius 2 is 1.81 bits per heavy atom. The van der Waals surface area contributed by atoms with Crippen LogP contribution >= 0.6 is 0 Å². The molecule has 2 rings (SSSR count). The molecule has 1 heterocycles. The van der Waals surface area contributed by atoms with Gasteiger partial charge in [0.05, 0.1) is 6.54 Å². The van der Waals surface area contributed by atoms with Crippen molar-refractivity contribution in [2.45, 2.75) is 24.8 Å². The first-order chi connectivity index (χ1) is 7.53. The average Bonchev–Trinajstić information content (AvgIpc) is 2.44. The minimum absolute atomic E-state index is 0.102. The molecule has 1 aliphatic carbocycles. The van der Waals surface area contributed by atoms with Gasteiger partial charge in [-0.25, -0.2) is 0 Å². The molecule has 0 aromatic heterocycles. The minimum Gasteiger partial charge on any atom is -0.302 e. The van der Waals surface area contributed by atoms with Gasteiger partial charge in [-0.15, -0.1) is 0 Å². The van der Waals surface area contributed by atoms with Gasteiger partial charge in [-0.05, 0) is 33.4 Å². The summed E-state index contributed by atoms with van der Waals surface area (Å²) in [5.74, 6) is -0.986. The van der Waals surface area contributed by atoms with Crippen molar-refractivity contribution in [1.29, 1.82) is 0 Å². The lowest BCUT2D eigenvalue weighted by Crippen LogP contribution is -2.52. The molecule has 0 atom stereocenters. The van der Waals surface area contributed by atoms with Crippen molar-refractivity contribution in [2.24, 2.45) is 4.99 Å². The lowest BCUT2D eigenvalue weighted by molar-refractivity contribution is -0.135. The molecule has 16 heavy (non-hydrogen) atoms. The zero-order valence-corrected chi connectivity index (χ0v) is 9.54. The van der Waals surface area contributed by atoms with E-state index in [1.807, 2.05) is 14.1 Å². The van der Waals surface area contributed by atoms with Gasteiger partial charge in [0.15, 0.2) is 0 Å². The second-order valence-electron chi connectivity index (χ2n) is 4.55. The van der Waals surface area contributed by atoms with Crippen molar-refractivity contribution in [3.05, 3.63) is 0 Å². The van der Waals surface area contributed by atoms with Gasteiger partial charge >= 0.3 is 11.8 Å². The monoisotopic (exact) mass is 224 g/mol. The predicted octanol–water partition coefficient (Wildman–Crippen LogP) is -0.927. The molecule has 0 radical (unpaired) electrons. The number of nitrogens with one attached hydrogen (secondary N) is 2. The number of guanidine groups is 1. The maximum absolute atomic E-state index is 10.9. The SMILES string of the molecule is CN(C)C1(CN=C2NC(=O)C(=O)N2)CCC1. The molecule has 6 nitrogen and oxygen atoms in total. The average molecular weight is 224 g/mol. The molecular weight excluding hydrogens is 208 g/mol. The van der Waals surface area contributed by atoms with Gasteiger partial charge in [0.2, 0.25) is 5.96 Å². The second kappa shape index (κ2) is 3.86. The molecule has 1 saturated carbocycles. The van der Waals surface area contributed by atoms with Gasteiger partial charge < -0.3 is 4.90 Å². The van der Waals surface area contributed by atoms with Gasteiger partial charge in [0.1, 0.15) is 0 Å². The number of carbonyl (C=O) groups is 2. The highest BCUT2D eigenvalue weighted by Gasteiger charge is 2.39. The van der Waals surface area contributed by atoms with E-state index in [2.05, 4.69) is 20.5 Å². The predicted molar refractivity (Wildman–Crippen MR) is 58.9 cm³/mol. The van der Waals surface area contributed by atoms with Crippen LogP contribution in [0.2, 0.25) is 0 Å². The third-order valence-electron chi connectivity index (χ3n) is 3.43. The number of rotatable bonds is 3. The molecule has 2 fully saturated rings. The van der Waals surface area contributed by atoms with Crippen molar-refractivity contribution in [2.75, 3.05) is 20.6 Å². The van der Waals surface area contributed by atoms with E-state index in [1.165, 1.54) is 6.42 Å². The summed E-state index contributed by atoms with van der Waals surface area (Å²) in [6.45, 7) is 0.607. The van der Waals surface area contributed by atoms with E-state index in [-0.39, 0.29) is 11.5 Å². The molecule has 88 valence electrons. The summed E-state index contributed by atoms with van der Waals surface area (Å²) >= 11 is 0. The third kappa shape index (κ3) is 1.80. The number of amides is 2. The summed E-state index contributed by atoms with van der Waals surface area (Å²) in [6, 6.07) is 0. The van der Waals surface area contributed by atoms with Gasteiger partial charge in [-0.3, -0.25) is 25.2 Å². The van der Waals surface area contributed by atoms with Crippen LogP contribution in [0, 0.1) is 0 Å². The summed E-state index contributed by atoms with van der Waals surface area (Å²) in [6.07, 6.45) is 3.43. The zero-order chi connectivity index (χ0) is 11.8. The molecule has 2 aliphatic rings. The van der Waals surface area contributed by atoms with Crippen LogP contribution in [0.1, 0.15) is 19.3 Å².